The molecule has 2 N–H and O–H groups in total. The van der Waals surface area contributed by atoms with E-state index in [1.165, 1.54) is 0 Å². The SMILES string of the molecule is C/C=C(/OC)C(C)C/C(O)=C(\C(O)CCCC)S(=O)CC. The third-order valence-corrected chi connectivity index (χ3v) is 4.95. The van der Waals surface area contributed by atoms with Crippen molar-refractivity contribution < 1.29 is 19.2 Å². The second-order valence-corrected chi connectivity index (χ2v) is 6.81. The molecule has 0 saturated heterocycles. The summed E-state index contributed by atoms with van der Waals surface area (Å²) in [4.78, 5) is 0.282. The third-order valence-electron chi connectivity index (χ3n) is 3.43. The molecule has 5 heteroatoms. The topological polar surface area (TPSA) is 66.8 Å². The molecule has 0 fully saturated rings. The fourth-order valence-corrected chi connectivity index (χ4v) is 3.33. The molecule has 0 aliphatic heterocycles. The number of methoxy groups -OCH3 is 1. The Kier molecular flexibility index (Phi) is 10.4. The maximum absolute atomic E-state index is 12.1. The molecule has 0 aromatic heterocycles. The van der Waals surface area contributed by atoms with Crippen LogP contribution in [0.4, 0.5) is 0 Å². The van der Waals surface area contributed by atoms with Crippen LogP contribution in [0.5, 0.6) is 0 Å². The van der Waals surface area contributed by atoms with Crippen molar-refractivity contribution in [2.45, 2.75) is 59.5 Å². The largest absolute Gasteiger partial charge is 0.511 e. The zero-order valence-electron chi connectivity index (χ0n) is 13.9. The van der Waals surface area contributed by atoms with Crippen molar-refractivity contribution in [1.82, 2.24) is 0 Å². The summed E-state index contributed by atoms with van der Waals surface area (Å²) < 4.78 is 17.4. The second kappa shape index (κ2) is 10.9. The monoisotopic (exact) mass is 318 g/mol. The molecule has 0 aliphatic carbocycles. The van der Waals surface area contributed by atoms with Crippen LogP contribution in [-0.4, -0.2) is 33.4 Å². The first-order valence-corrected chi connectivity index (χ1v) is 8.93. The minimum absolute atomic E-state index is 0.0257. The van der Waals surface area contributed by atoms with E-state index in [2.05, 4.69) is 0 Å². The maximum Gasteiger partial charge on any atom is 0.108 e. The third kappa shape index (κ3) is 6.66. The van der Waals surface area contributed by atoms with Crippen molar-refractivity contribution in [2.24, 2.45) is 5.92 Å². The molecule has 0 saturated carbocycles. The summed E-state index contributed by atoms with van der Waals surface area (Å²) in [6.45, 7) is 7.62. The Morgan fingerprint density at radius 2 is 2.00 bits per heavy atom. The molecule has 0 spiro atoms. The molecule has 0 amide bonds. The van der Waals surface area contributed by atoms with Crippen molar-refractivity contribution in [3.63, 3.8) is 0 Å². The molecule has 0 rings (SSSR count). The van der Waals surface area contributed by atoms with Crippen LogP contribution < -0.4 is 0 Å². The lowest BCUT2D eigenvalue weighted by atomic mass is 10.0. The summed E-state index contributed by atoms with van der Waals surface area (Å²) in [6.07, 6.45) is 3.64. The summed E-state index contributed by atoms with van der Waals surface area (Å²) in [5.41, 5.74) is 0. The number of hydrogen-bond acceptors (Lipinski definition) is 4. The first-order valence-electron chi connectivity index (χ1n) is 7.61. The number of ether oxygens (including phenoxy) is 1. The highest BCUT2D eigenvalue weighted by atomic mass is 32.2. The van der Waals surface area contributed by atoms with Crippen LogP contribution in [0.2, 0.25) is 0 Å². The first-order chi connectivity index (χ1) is 9.92. The molecular weight excluding hydrogens is 288 g/mol. The van der Waals surface area contributed by atoms with Crippen molar-refractivity contribution >= 4 is 10.8 Å². The molecular formula is C16H30O4S. The molecule has 124 valence electrons. The lowest BCUT2D eigenvalue weighted by Crippen LogP contribution is -2.19. The summed E-state index contributed by atoms with van der Waals surface area (Å²) in [6, 6.07) is 0. The van der Waals surface area contributed by atoms with Gasteiger partial charge >= 0.3 is 0 Å². The van der Waals surface area contributed by atoms with Gasteiger partial charge in [0.05, 0.1) is 34.7 Å². The standard InChI is InChI=1S/C16H30O4S/c1-6-9-10-13(17)16(21(19)8-3)14(18)11-12(4)15(7-2)20-5/h7,12-13,17-18H,6,8-11H2,1-5H3/b15-7+,16-14-. The van der Waals surface area contributed by atoms with Crippen LogP contribution in [-0.2, 0) is 15.5 Å². The van der Waals surface area contributed by atoms with Gasteiger partial charge < -0.3 is 14.9 Å². The van der Waals surface area contributed by atoms with Gasteiger partial charge in [0.15, 0.2) is 0 Å². The highest BCUT2D eigenvalue weighted by Gasteiger charge is 2.23. The highest BCUT2D eigenvalue weighted by Crippen LogP contribution is 2.25. The van der Waals surface area contributed by atoms with Gasteiger partial charge in [-0.2, -0.15) is 0 Å². The molecule has 3 atom stereocenters. The van der Waals surface area contributed by atoms with Crippen molar-refractivity contribution in [2.75, 3.05) is 12.9 Å². The Bertz CT molecular complexity index is 388. The Morgan fingerprint density at radius 3 is 2.43 bits per heavy atom. The van der Waals surface area contributed by atoms with E-state index in [4.69, 9.17) is 4.74 Å². The smallest absolute Gasteiger partial charge is 0.108 e. The zero-order valence-corrected chi connectivity index (χ0v) is 14.7. The molecule has 4 nitrogen and oxygen atoms in total. The highest BCUT2D eigenvalue weighted by molar-refractivity contribution is 7.89. The summed E-state index contributed by atoms with van der Waals surface area (Å²) in [7, 11) is 0.248. The van der Waals surface area contributed by atoms with E-state index in [1.807, 2.05) is 26.8 Å². The van der Waals surface area contributed by atoms with E-state index in [0.29, 0.717) is 18.6 Å². The number of aliphatic hydroxyl groups excluding tert-OH is 2. The number of rotatable bonds is 10. The van der Waals surface area contributed by atoms with E-state index >= 15 is 0 Å². The summed E-state index contributed by atoms with van der Waals surface area (Å²) >= 11 is 0. The number of unbranched alkanes of at least 4 members (excludes halogenated alkanes) is 1. The van der Waals surface area contributed by atoms with Gasteiger partial charge in [-0.15, -0.1) is 0 Å². The van der Waals surface area contributed by atoms with Gasteiger partial charge in [-0.1, -0.05) is 33.6 Å². The summed E-state index contributed by atoms with van der Waals surface area (Å²) in [5.74, 6) is 1.16. The van der Waals surface area contributed by atoms with Gasteiger partial charge in [-0.25, -0.2) is 0 Å². The Labute approximate surface area is 131 Å². The summed E-state index contributed by atoms with van der Waals surface area (Å²) in [5, 5.41) is 20.6. The fraction of sp³-hybridized carbons (Fsp3) is 0.750. The van der Waals surface area contributed by atoms with E-state index in [0.717, 1.165) is 18.6 Å². The van der Waals surface area contributed by atoms with Gasteiger partial charge in [0, 0.05) is 18.1 Å². The second-order valence-electron chi connectivity index (χ2n) is 5.10. The van der Waals surface area contributed by atoms with Crippen molar-refractivity contribution in [3.05, 3.63) is 22.5 Å². The lowest BCUT2D eigenvalue weighted by Gasteiger charge is -2.19. The molecule has 0 aromatic carbocycles. The van der Waals surface area contributed by atoms with Crippen LogP contribution in [0.25, 0.3) is 0 Å². The Morgan fingerprint density at radius 1 is 1.38 bits per heavy atom. The van der Waals surface area contributed by atoms with Gasteiger partial charge in [0.2, 0.25) is 0 Å². The maximum atomic E-state index is 12.1. The molecule has 0 radical (unpaired) electrons. The quantitative estimate of drug-likeness (QED) is 0.603. The van der Waals surface area contributed by atoms with Crippen LogP contribution in [0.1, 0.15) is 53.4 Å². The molecule has 0 aromatic rings. The predicted octanol–water partition coefficient (Wildman–Crippen LogP) is 3.65. The van der Waals surface area contributed by atoms with E-state index in [1.54, 1.807) is 14.0 Å². The Hall–Kier alpha value is -0.810. The molecule has 0 aliphatic rings. The lowest BCUT2D eigenvalue weighted by molar-refractivity contribution is 0.193. The zero-order chi connectivity index (χ0) is 16.4. The first kappa shape index (κ1) is 20.2. The molecule has 21 heavy (non-hydrogen) atoms. The van der Waals surface area contributed by atoms with Crippen LogP contribution in [0, 0.1) is 5.92 Å². The van der Waals surface area contributed by atoms with Crippen molar-refractivity contribution in [3.8, 4) is 0 Å². The van der Waals surface area contributed by atoms with Crippen LogP contribution >= 0.6 is 0 Å². The minimum Gasteiger partial charge on any atom is -0.511 e. The molecule has 0 bridgehead atoms. The van der Waals surface area contributed by atoms with E-state index in [-0.39, 0.29) is 16.6 Å². The predicted molar refractivity (Wildman–Crippen MR) is 88.4 cm³/mol. The minimum atomic E-state index is -1.34. The van der Waals surface area contributed by atoms with Gasteiger partial charge in [0.1, 0.15) is 5.76 Å². The number of aliphatic hydroxyl groups is 2. The van der Waals surface area contributed by atoms with E-state index in [9.17, 15) is 14.4 Å². The Balaban J connectivity index is 5.21. The van der Waals surface area contributed by atoms with Gasteiger partial charge in [-0.3, -0.25) is 4.21 Å². The molecule has 0 heterocycles. The van der Waals surface area contributed by atoms with Crippen LogP contribution in [0.3, 0.4) is 0 Å². The molecule has 3 unspecified atom stereocenters. The average molecular weight is 318 g/mol. The van der Waals surface area contributed by atoms with E-state index < -0.39 is 16.9 Å². The number of allylic oxidation sites excluding steroid dienone is 3. The van der Waals surface area contributed by atoms with Gasteiger partial charge in [-0.05, 0) is 19.4 Å². The van der Waals surface area contributed by atoms with Gasteiger partial charge in [0.25, 0.3) is 0 Å². The van der Waals surface area contributed by atoms with Crippen LogP contribution in [0.15, 0.2) is 22.5 Å². The average Bonchev–Trinajstić information content (AvgIpc) is 2.46. The number of hydrogen-bond donors (Lipinski definition) is 2. The fourth-order valence-electron chi connectivity index (χ4n) is 2.25. The van der Waals surface area contributed by atoms with Crippen molar-refractivity contribution in [1.29, 1.82) is 0 Å². The normalized spacial score (nSPS) is 17.9.